The maximum Gasteiger partial charge on any atom is 0.252 e. The van der Waals surface area contributed by atoms with E-state index in [-0.39, 0.29) is 12.5 Å². The monoisotopic (exact) mass is 394 g/mol. The van der Waals surface area contributed by atoms with Crippen molar-refractivity contribution in [1.29, 1.82) is 0 Å². The van der Waals surface area contributed by atoms with Gasteiger partial charge in [-0.3, -0.25) is 14.7 Å². The van der Waals surface area contributed by atoms with Gasteiger partial charge in [-0.15, -0.1) is 0 Å². The van der Waals surface area contributed by atoms with Gasteiger partial charge < -0.3 is 16.0 Å². The molecule has 0 saturated carbocycles. The van der Waals surface area contributed by atoms with Gasteiger partial charge in [0, 0.05) is 51.2 Å². The zero-order valence-corrected chi connectivity index (χ0v) is 16.3. The first-order valence-corrected chi connectivity index (χ1v) is 10.0. The third-order valence-corrected chi connectivity index (χ3v) is 5.45. The smallest absolute Gasteiger partial charge is 0.252 e. The first-order valence-electron chi connectivity index (χ1n) is 10.0. The number of fused-ring (bicyclic) bond motifs is 1. The number of rotatable bonds is 8. The van der Waals surface area contributed by atoms with Gasteiger partial charge in [0.2, 0.25) is 0 Å². The summed E-state index contributed by atoms with van der Waals surface area (Å²) in [5.41, 5.74) is 3.87. The van der Waals surface area contributed by atoms with Crippen LogP contribution in [0.25, 0.3) is 0 Å². The van der Waals surface area contributed by atoms with Crippen LogP contribution in [0.1, 0.15) is 27.9 Å². The van der Waals surface area contributed by atoms with Gasteiger partial charge in [0.25, 0.3) is 5.91 Å². The van der Waals surface area contributed by atoms with Crippen molar-refractivity contribution < 1.29 is 4.79 Å². The van der Waals surface area contributed by atoms with Crippen molar-refractivity contribution >= 4 is 11.6 Å². The Kier molecular flexibility index (Phi) is 6.12. The fourth-order valence-electron chi connectivity index (χ4n) is 3.94. The minimum Gasteiger partial charge on any atom is -0.380 e. The number of pyridine rings is 1. The molecule has 1 saturated heterocycles. The molecule has 1 aromatic carbocycles. The number of anilines is 1. The van der Waals surface area contributed by atoms with Gasteiger partial charge in [-0.25, -0.2) is 0 Å². The van der Waals surface area contributed by atoms with Gasteiger partial charge >= 0.3 is 0 Å². The van der Waals surface area contributed by atoms with Gasteiger partial charge in [-0.1, -0.05) is 29.4 Å². The molecule has 0 spiro atoms. The van der Waals surface area contributed by atoms with E-state index in [1.807, 2.05) is 12.1 Å². The van der Waals surface area contributed by atoms with Gasteiger partial charge in [0.15, 0.2) is 0 Å². The van der Waals surface area contributed by atoms with Crippen LogP contribution in [0.5, 0.6) is 0 Å². The van der Waals surface area contributed by atoms with Crippen molar-refractivity contribution in [2.24, 2.45) is 5.18 Å². The highest BCUT2D eigenvalue weighted by molar-refractivity contribution is 5.94. The van der Waals surface area contributed by atoms with E-state index in [1.54, 1.807) is 12.3 Å². The molecule has 2 aliphatic rings. The van der Waals surface area contributed by atoms with Crippen LogP contribution < -0.4 is 16.0 Å². The van der Waals surface area contributed by atoms with E-state index in [9.17, 15) is 9.70 Å². The molecule has 1 aromatic heterocycles. The molecule has 2 atom stereocenters. The largest absolute Gasteiger partial charge is 0.380 e. The minimum absolute atomic E-state index is 0.208. The second kappa shape index (κ2) is 9.11. The van der Waals surface area contributed by atoms with Crippen molar-refractivity contribution in [2.45, 2.75) is 31.6 Å². The Hall–Kier alpha value is -2.84. The molecule has 2 aliphatic heterocycles. The third-order valence-electron chi connectivity index (χ3n) is 5.45. The summed E-state index contributed by atoms with van der Waals surface area (Å²) in [6.07, 6.45) is 4.30. The van der Waals surface area contributed by atoms with Gasteiger partial charge in [0.05, 0.1) is 11.3 Å². The van der Waals surface area contributed by atoms with Crippen molar-refractivity contribution in [3.63, 3.8) is 0 Å². The minimum atomic E-state index is -0.493. The molecule has 0 aliphatic carbocycles. The summed E-state index contributed by atoms with van der Waals surface area (Å²) >= 11 is 0. The highest BCUT2D eigenvalue weighted by Gasteiger charge is 2.22. The number of carbonyl (C=O) groups is 1. The summed E-state index contributed by atoms with van der Waals surface area (Å²) in [7, 11) is 0. The fraction of sp³-hybridized carbons (Fsp3) is 0.429. The molecule has 1 fully saturated rings. The Balaban J connectivity index is 1.28. The second-order valence-corrected chi connectivity index (χ2v) is 7.70. The topological polar surface area (TPSA) is 98.7 Å². The van der Waals surface area contributed by atoms with Crippen molar-refractivity contribution in [1.82, 2.24) is 20.5 Å². The maximum absolute atomic E-state index is 12.5. The molecule has 3 heterocycles. The summed E-state index contributed by atoms with van der Waals surface area (Å²) < 4.78 is 0. The molecular formula is C21H26N6O2. The third kappa shape index (κ3) is 4.96. The van der Waals surface area contributed by atoms with Crippen LogP contribution in [0.4, 0.5) is 5.69 Å². The van der Waals surface area contributed by atoms with Crippen LogP contribution in [-0.4, -0.2) is 54.1 Å². The predicted molar refractivity (Wildman–Crippen MR) is 112 cm³/mol. The van der Waals surface area contributed by atoms with Gasteiger partial charge in [0.1, 0.15) is 6.04 Å². The van der Waals surface area contributed by atoms with E-state index >= 15 is 0 Å². The van der Waals surface area contributed by atoms with Crippen LogP contribution in [0, 0.1) is 4.91 Å². The summed E-state index contributed by atoms with van der Waals surface area (Å²) in [5, 5.41) is 12.7. The van der Waals surface area contributed by atoms with Crippen LogP contribution >= 0.6 is 0 Å². The molecule has 2 unspecified atom stereocenters. The normalized spacial score (nSPS) is 19.5. The molecule has 3 N–H and O–H groups in total. The lowest BCUT2D eigenvalue weighted by atomic mass is 10.1. The quantitative estimate of drug-likeness (QED) is 0.590. The predicted octanol–water partition coefficient (Wildman–Crippen LogP) is 1.74. The average Bonchev–Trinajstić information content (AvgIpc) is 3.40. The summed E-state index contributed by atoms with van der Waals surface area (Å²) in [6, 6.07) is 9.92. The SMILES string of the molecule is O=NC(CNC(=O)c1cncc(NC2CCNC2)c1)CN1Cc2ccccc2C1. The van der Waals surface area contributed by atoms with Crippen molar-refractivity contribution in [3.8, 4) is 0 Å². The second-order valence-electron chi connectivity index (χ2n) is 7.70. The Bertz CT molecular complexity index is 843. The van der Waals surface area contributed by atoms with E-state index in [0.29, 0.717) is 18.2 Å². The first kappa shape index (κ1) is 19.5. The Morgan fingerprint density at radius 2 is 2.07 bits per heavy atom. The van der Waals surface area contributed by atoms with E-state index < -0.39 is 6.04 Å². The number of aromatic nitrogens is 1. The first-order chi connectivity index (χ1) is 14.2. The van der Waals surface area contributed by atoms with E-state index in [2.05, 4.69) is 43.1 Å². The average molecular weight is 394 g/mol. The molecular weight excluding hydrogens is 368 g/mol. The molecule has 29 heavy (non-hydrogen) atoms. The standard InChI is InChI=1S/C21H26N6O2/c28-21(17-7-19(10-23-8-17)25-18-5-6-22-9-18)24-11-20(26-29)14-27-12-15-3-1-2-4-16(15)13-27/h1-4,7-8,10,18,20,22,25H,5-6,9,11-14H2,(H,24,28). The molecule has 0 bridgehead atoms. The number of benzene rings is 1. The molecule has 8 heteroatoms. The summed E-state index contributed by atoms with van der Waals surface area (Å²) in [6.45, 7) is 4.25. The molecule has 4 rings (SSSR count). The van der Waals surface area contributed by atoms with Crippen LogP contribution in [0.2, 0.25) is 0 Å². The fourth-order valence-corrected chi connectivity index (χ4v) is 3.94. The zero-order chi connectivity index (χ0) is 20.1. The molecule has 0 radical (unpaired) electrons. The Labute approximate surface area is 170 Å². The van der Waals surface area contributed by atoms with E-state index in [4.69, 9.17) is 0 Å². The molecule has 152 valence electrons. The lowest BCUT2D eigenvalue weighted by Gasteiger charge is -2.19. The van der Waals surface area contributed by atoms with E-state index in [0.717, 1.165) is 38.3 Å². The van der Waals surface area contributed by atoms with E-state index in [1.165, 1.54) is 17.3 Å². The number of hydrogen-bond donors (Lipinski definition) is 3. The van der Waals surface area contributed by atoms with Crippen LogP contribution in [0.3, 0.4) is 0 Å². The molecule has 8 nitrogen and oxygen atoms in total. The lowest BCUT2D eigenvalue weighted by Crippen LogP contribution is -2.37. The Morgan fingerprint density at radius 1 is 1.28 bits per heavy atom. The highest BCUT2D eigenvalue weighted by Crippen LogP contribution is 2.22. The molecule has 1 amide bonds. The number of nitrogens with one attached hydrogen (secondary N) is 3. The summed E-state index contributed by atoms with van der Waals surface area (Å²) in [5.74, 6) is -0.246. The zero-order valence-electron chi connectivity index (χ0n) is 16.3. The number of hydrogen-bond acceptors (Lipinski definition) is 7. The maximum atomic E-state index is 12.5. The van der Waals surface area contributed by atoms with Crippen LogP contribution in [-0.2, 0) is 13.1 Å². The number of amides is 1. The lowest BCUT2D eigenvalue weighted by molar-refractivity contribution is 0.0948. The number of nitrogens with zero attached hydrogens (tertiary/aromatic N) is 3. The van der Waals surface area contributed by atoms with Crippen molar-refractivity contribution in [3.05, 3.63) is 64.3 Å². The van der Waals surface area contributed by atoms with Crippen molar-refractivity contribution in [2.75, 3.05) is 31.5 Å². The summed E-state index contributed by atoms with van der Waals surface area (Å²) in [4.78, 5) is 30.2. The molecule has 2 aromatic rings. The highest BCUT2D eigenvalue weighted by atomic mass is 16.3. The number of carbonyl (C=O) groups excluding carboxylic acids is 1. The van der Waals surface area contributed by atoms with Gasteiger partial charge in [-0.2, -0.15) is 4.91 Å². The number of nitroso groups, excluding NO2 is 1. The van der Waals surface area contributed by atoms with Crippen LogP contribution in [0.15, 0.2) is 47.9 Å². The van der Waals surface area contributed by atoms with Gasteiger partial charge in [-0.05, 0) is 30.2 Å². The Morgan fingerprint density at radius 3 is 2.76 bits per heavy atom.